The second kappa shape index (κ2) is 4.72. The molecule has 24 heavy (non-hydrogen) atoms. The second-order valence-electron chi connectivity index (χ2n) is 7.80. The van der Waals surface area contributed by atoms with Crippen LogP contribution in [0.4, 0.5) is 0 Å². The Hall–Kier alpha value is -2.09. The highest BCUT2D eigenvalue weighted by Gasteiger charge is 2.33. The summed E-state index contributed by atoms with van der Waals surface area (Å²) in [4.78, 5) is 7.74. The Morgan fingerprint density at radius 2 is 1.83 bits per heavy atom. The van der Waals surface area contributed by atoms with E-state index in [1.54, 1.807) is 16.7 Å². The van der Waals surface area contributed by atoms with Crippen LogP contribution in [-0.4, -0.2) is 16.4 Å². The van der Waals surface area contributed by atoms with Crippen LogP contribution in [0.2, 0.25) is 0 Å². The lowest BCUT2D eigenvalue weighted by atomic mass is 9.87. The molecule has 4 aliphatic rings. The highest BCUT2D eigenvalue weighted by atomic mass is 15.2. The number of hydrogen-bond donors (Lipinski definition) is 0. The van der Waals surface area contributed by atoms with Crippen molar-refractivity contribution in [3.05, 3.63) is 57.8 Å². The van der Waals surface area contributed by atoms with Gasteiger partial charge >= 0.3 is 0 Å². The molecule has 2 heteroatoms. The van der Waals surface area contributed by atoms with Crippen molar-refractivity contribution in [2.24, 2.45) is 0 Å². The molecule has 6 rings (SSSR count). The first-order chi connectivity index (χ1) is 11.9. The van der Waals surface area contributed by atoms with Crippen molar-refractivity contribution in [1.29, 1.82) is 0 Å². The minimum Gasteiger partial charge on any atom is -0.361 e. The molecular formula is C22H22N2. The van der Waals surface area contributed by atoms with Gasteiger partial charge in [0.1, 0.15) is 0 Å². The lowest BCUT2D eigenvalue weighted by Gasteiger charge is -2.30. The van der Waals surface area contributed by atoms with E-state index in [0.29, 0.717) is 0 Å². The summed E-state index contributed by atoms with van der Waals surface area (Å²) in [7, 11) is 0. The highest BCUT2D eigenvalue weighted by Crippen LogP contribution is 2.44. The fraction of sp³-hybridized carbons (Fsp3) is 0.409. The third-order valence-corrected chi connectivity index (χ3v) is 6.44. The second-order valence-corrected chi connectivity index (χ2v) is 7.80. The van der Waals surface area contributed by atoms with E-state index in [0.717, 1.165) is 13.1 Å². The quantitative estimate of drug-likeness (QED) is 0.696. The molecule has 0 unspecified atom stereocenters. The van der Waals surface area contributed by atoms with Crippen LogP contribution in [0.5, 0.6) is 0 Å². The average Bonchev–Trinajstić information content (AvgIpc) is 2.98. The molecule has 0 N–H and O–H groups in total. The van der Waals surface area contributed by atoms with Crippen molar-refractivity contribution in [3.63, 3.8) is 0 Å². The lowest BCUT2D eigenvalue weighted by Crippen LogP contribution is -2.24. The number of allylic oxidation sites excluding steroid dienone is 2. The number of aromatic nitrogens is 1. The Balaban J connectivity index is 1.60. The number of rotatable bonds is 0. The van der Waals surface area contributed by atoms with Gasteiger partial charge in [-0.25, -0.2) is 4.98 Å². The zero-order valence-corrected chi connectivity index (χ0v) is 14.1. The van der Waals surface area contributed by atoms with Crippen LogP contribution < -0.4 is 0 Å². The van der Waals surface area contributed by atoms with E-state index in [1.807, 2.05) is 0 Å². The predicted octanol–water partition coefficient (Wildman–Crippen LogP) is 4.76. The van der Waals surface area contributed by atoms with Gasteiger partial charge < -0.3 is 4.90 Å². The summed E-state index contributed by atoms with van der Waals surface area (Å²) in [5.41, 5.74) is 11.9. The van der Waals surface area contributed by atoms with E-state index in [-0.39, 0.29) is 0 Å². The summed E-state index contributed by atoms with van der Waals surface area (Å²) >= 11 is 0. The molecule has 0 fully saturated rings. The standard InChI is InChI=1S/C22H22N2/c1-2-6-16-12-24-13-18-17-9-3-7-14-8-4-10-19(21(14)17)23-22(18)20(24)11-15(16)5-1/h4,8,10-11H,1-3,5-7,9,12-13H2. The third-order valence-electron chi connectivity index (χ3n) is 6.44. The maximum Gasteiger partial charge on any atom is 0.0923 e. The summed E-state index contributed by atoms with van der Waals surface area (Å²) in [5.74, 6) is 0. The van der Waals surface area contributed by atoms with E-state index < -0.39 is 0 Å². The Kier molecular flexibility index (Phi) is 2.60. The van der Waals surface area contributed by atoms with Gasteiger partial charge in [0.15, 0.2) is 0 Å². The first-order valence-electron chi connectivity index (χ1n) is 9.50. The van der Waals surface area contributed by atoms with Crippen LogP contribution in [0.1, 0.15) is 54.5 Å². The Labute approximate surface area is 142 Å². The summed E-state index contributed by atoms with van der Waals surface area (Å²) in [5, 5.41) is 1.47. The number of pyridine rings is 1. The molecule has 2 aliphatic heterocycles. The average molecular weight is 314 g/mol. The van der Waals surface area contributed by atoms with Crippen molar-refractivity contribution in [1.82, 2.24) is 9.88 Å². The third kappa shape index (κ3) is 1.69. The number of aryl methyl sites for hydroxylation is 2. The highest BCUT2D eigenvalue weighted by molar-refractivity contribution is 5.91. The maximum absolute atomic E-state index is 5.15. The fourth-order valence-corrected chi connectivity index (χ4v) is 5.30. The first kappa shape index (κ1) is 13.2. The Morgan fingerprint density at radius 1 is 0.875 bits per heavy atom. The summed E-state index contributed by atoms with van der Waals surface area (Å²) in [6.07, 6.45) is 11.5. The van der Waals surface area contributed by atoms with Gasteiger partial charge in [0.25, 0.3) is 0 Å². The zero-order chi connectivity index (χ0) is 15.7. The van der Waals surface area contributed by atoms with Crippen LogP contribution in [0.25, 0.3) is 16.6 Å². The van der Waals surface area contributed by atoms with Crippen LogP contribution in [-0.2, 0) is 19.4 Å². The normalized spacial score (nSPS) is 21.5. The van der Waals surface area contributed by atoms with Gasteiger partial charge in [-0.15, -0.1) is 0 Å². The van der Waals surface area contributed by atoms with Crippen LogP contribution in [0, 0.1) is 0 Å². The maximum atomic E-state index is 5.15. The smallest absolute Gasteiger partial charge is 0.0923 e. The zero-order valence-electron chi connectivity index (χ0n) is 14.1. The lowest BCUT2D eigenvalue weighted by molar-refractivity contribution is 0.421. The van der Waals surface area contributed by atoms with Gasteiger partial charge in [-0.05, 0) is 79.4 Å². The molecule has 0 bridgehead atoms. The molecule has 0 radical (unpaired) electrons. The number of fused-ring (bicyclic) bond motifs is 4. The van der Waals surface area contributed by atoms with Crippen LogP contribution >= 0.6 is 0 Å². The molecule has 2 nitrogen and oxygen atoms in total. The van der Waals surface area contributed by atoms with E-state index in [1.165, 1.54) is 78.4 Å². The molecule has 1 aromatic heterocycles. The van der Waals surface area contributed by atoms with E-state index in [2.05, 4.69) is 29.2 Å². The van der Waals surface area contributed by atoms with Gasteiger partial charge in [-0.2, -0.15) is 0 Å². The van der Waals surface area contributed by atoms with Crippen molar-refractivity contribution < 1.29 is 0 Å². The van der Waals surface area contributed by atoms with Crippen molar-refractivity contribution >= 4 is 16.6 Å². The van der Waals surface area contributed by atoms with E-state index in [9.17, 15) is 0 Å². The number of hydrogen-bond acceptors (Lipinski definition) is 2. The van der Waals surface area contributed by atoms with E-state index in [4.69, 9.17) is 4.98 Å². The minimum atomic E-state index is 1.07. The number of nitrogens with zero attached hydrogens (tertiary/aromatic N) is 2. The molecule has 2 aromatic rings. The molecule has 0 amide bonds. The molecule has 0 atom stereocenters. The summed E-state index contributed by atoms with van der Waals surface area (Å²) in [6, 6.07) is 6.71. The van der Waals surface area contributed by atoms with Crippen LogP contribution in [0.15, 0.2) is 35.4 Å². The van der Waals surface area contributed by atoms with Crippen LogP contribution in [0.3, 0.4) is 0 Å². The molecule has 1 aromatic carbocycles. The fourth-order valence-electron chi connectivity index (χ4n) is 5.30. The molecule has 0 spiro atoms. The molecule has 0 saturated carbocycles. The van der Waals surface area contributed by atoms with Crippen molar-refractivity contribution in [2.75, 3.05) is 6.54 Å². The van der Waals surface area contributed by atoms with Gasteiger partial charge in [-0.1, -0.05) is 12.1 Å². The molecule has 0 saturated heterocycles. The summed E-state index contributed by atoms with van der Waals surface area (Å²) < 4.78 is 0. The molecule has 120 valence electrons. The topological polar surface area (TPSA) is 16.1 Å². The SMILES string of the molecule is C1=C2c3nc4cccc5c4c(c3CN2CC2=C1CCCC2)CCC5. The van der Waals surface area contributed by atoms with Gasteiger partial charge in [0.2, 0.25) is 0 Å². The largest absolute Gasteiger partial charge is 0.361 e. The monoisotopic (exact) mass is 314 g/mol. The van der Waals surface area contributed by atoms with Crippen molar-refractivity contribution in [3.8, 4) is 0 Å². The molecule has 2 aliphatic carbocycles. The van der Waals surface area contributed by atoms with E-state index >= 15 is 0 Å². The van der Waals surface area contributed by atoms with Gasteiger partial charge in [0, 0.05) is 24.0 Å². The Morgan fingerprint density at radius 3 is 2.83 bits per heavy atom. The predicted molar refractivity (Wildman–Crippen MR) is 97.6 cm³/mol. The molecular weight excluding hydrogens is 292 g/mol. The van der Waals surface area contributed by atoms with Gasteiger partial charge in [-0.3, -0.25) is 0 Å². The summed E-state index contributed by atoms with van der Waals surface area (Å²) in [6.45, 7) is 2.21. The Bertz CT molecular complexity index is 948. The first-order valence-corrected chi connectivity index (χ1v) is 9.50. The minimum absolute atomic E-state index is 1.07. The number of benzene rings is 1. The van der Waals surface area contributed by atoms with Gasteiger partial charge in [0.05, 0.1) is 16.9 Å². The van der Waals surface area contributed by atoms with Crippen molar-refractivity contribution in [2.45, 2.75) is 51.5 Å². The molecule has 3 heterocycles.